The van der Waals surface area contributed by atoms with Gasteiger partial charge in [-0.3, -0.25) is 4.90 Å². The number of aromatic carboxylic acids is 1. The van der Waals surface area contributed by atoms with Crippen molar-refractivity contribution in [2.75, 3.05) is 13.1 Å². The molecule has 0 saturated carbocycles. The lowest BCUT2D eigenvalue weighted by molar-refractivity contribution is -0.0257. The Morgan fingerprint density at radius 3 is 2.72 bits per heavy atom. The van der Waals surface area contributed by atoms with E-state index in [0.717, 1.165) is 37.9 Å². The van der Waals surface area contributed by atoms with Crippen LogP contribution in [0.3, 0.4) is 0 Å². The zero-order chi connectivity index (χ0) is 13.2. The van der Waals surface area contributed by atoms with Crippen molar-refractivity contribution in [1.82, 2.24) is 4.90 Å². The van der Waals surface area contributed by atoms with Crippen molar-refractivity contribution in [3.63, 3.8) is 0 Å². The Balaban J connectivity index is 1.96. The number of thiophene rings is 1. The van der Waals surface area contributed by atoms with E-state index >= 15 is 0 Å². The molecule has 0 amide bonds. The van der Waals surface area contributed by atoms with Gasteiger partial charge in [-0.2, -0.15) is 0 Å². The van der Waals surface area contributed by atoms with Crippen LogP contribution in [0.1, 0.15) is 41.4 Å². The Morgan fingerprint density at radius 2 is 2.17 bits per heavy atom. The molecule has 0 radical (unpaired) electrons. The maximum absolute atomic E-state index is 11.0. The highest BCUT2D eigenvalue weighted by atomic mass is 32.1. The number of likely N-dealkylation sites (tertiary alicyclic amines) is 1. The Bertz CT molecular complexity index is 422. The minimum absolute atomic E-state index is 0.436. The first-order valence-corrected chi connectivity index (χ1v) is 7.16. The van der Waals surface area contributed by atoms with Gasteiger partial charge in [-0.1, -0.05) is 6.92 Å². The maximum atomic E-state index is 11.0. The summed E-state index contributed by atoms with van der Waals surface area (Å²) in [6, 6.07) is 1.88. The lowest BCUT2D eigenvalue weighted by Gasteiger charge is -2.37. The molecule has 0 bridgehead atoms. The molecular weight excluding hydrogens is 250 g/mol. The number of hydrogen-bond donors (Lipinski definition) is 2. The highest BCUT2D eigenvalue weighted by Crippen LogP contribution is 2.27. The van der Waals surface area contributed by atoms with E-state index in [2.05, 4.69) is 4.90 Å². The lowest BCUT2D eigenvalue weighted by Crippen LogP contribution is -2.43. The average Bonchev–Trinajstić information content (AvgIpc) is 2.81. The molecule has 1 aromatic heterocycles. The third kappa shape index (κ3) is 2.91. The number of aliphatic hydroxyl groups is 1. The van der Waals surface area contributed by atoms with Crippen LogP contribution < -0.4 is 0 Å². The van der Waals surface area contributed by atoms with Crippen molar-refractivity contribution in [3.8, 4) is 0 Å². The number of hydrogen-bond acceptors (Lipinski definition) is 4. The Labute approximate surface area is 111 Å². The first-order chi connectivity index (χ1) is 8.54. The van der Waals surface area contributed by atoms with Crippen LogP contribution in [0, 0.1) is 0 Å². The van der Waals surface area contributed by atoms with Gasteiger partial charge in [0.05, 0.1) is 5.60 Å². The Hall–Kier alpha value is -0.910. The summed E-state index contributed by atoms with van der Waals surface area (Å²) in [6.07, 6.45) is 2.34. The van der Waals surface area contributed by atoms with Crippen LogP contribution in [0.25, 0.3) is 0 Å². The summed E-state index contributed by atoms with van der Waals surface area (Å²) in [5, 5.41) is 21.0. The van der Waals surface area contributed by atoms with Crippen LogP contribution in [0.4, 0.5) is 0 Å². The molecule has 0 unspecified atom stereocenters. The minimum Gasteiger partial charge on any atom is -0.477 e. The molecule has 1 aliphatic rings. The van der Waals surface area contributed by atoms with Gasteiger partial charge in [0.15, 0.2) is 0 Å². The van der Waals surface area contributed by atoms with E-state index in [9.17, 15) is 9.90 Å². The molecule has 2 heterocycles. The van der Waals surface area contributed by atoms with Crippen molar-refractivity contribution >= 4 is 17.3 Å². The van der Waals surface area contributed by atoms with E-state index in [0.29, 0.717) is 11.4 Å². The molecular formula is C13H19NO3S. The molecule has 0 aromatic carbocycles. The second kappa shape index (κ2) is 5.38. The lowest BCUT2D eigenvalue weighted by atomic mass is 9.89. The van der Waals surface area contributed by atoms with Crippen LogP contribution in [0.5, 0.6) is 0 Å². The van der Waals surface area contributed by atoms with Gasteiger partial charge in [-0.15, -0.1) is 11.3 Å². The monoisotopic (exact) mass is 269 g/mol. The average molecular weight is 269 g/mol. The van der Waals surface area contributed by atoms with Crippen molar-refractivity contribution in [2.45, 2.75) is 38.3 Å². The number of nitrogens with zero attached hydrogens (tertiary/aromatic N) is 1. The number of rotatable bonds is 4. The number of carboxylic acid groups (broad SMARTS) is 1. The van der Waals surface area contributed by atoms with Gasteiger partial charge in [0.1, 0.15) is 4.88 Å². The Morgan fingerprint density at radius 1 is 1.50 bits per heavy atom. The summed E-state index contributed by atoms with van der Waals surface area (Å²) in [7, 11) is 0. The van der Waals surface area contributed by atoms with Gasteiger partial charge in [0.25, 0.3) is 0 Å². The molecule has 1 aromatic rings. The van der Waals surface area contributed by atoms with Gasteiger partial charge in [-0.25, -0.2) is 4.79 Å². The fourth-order valence-electron chi connectivity index (χ4n) is 2.37. The first-order valence-electron chi connectivity index (χ1n) is 6.28. The summed E-state index contributed by atoms with van der Waals surface area (Å²) in [5.74, 6) is -0.845. The second-order valence-corrected chi connectivity index (χ2v) is 5.85. The molecule has 1 aliphatic heterocycles. The summed E-state index contributed by atoms with van der Waals surface area (Å²) in [5.41, 5.74) is 0.371. The van der Waals surface area contributed by atoms with Crippen molar-refractivity contribution in [2.24, 2.45) is 0 Å². The van der Waals surface area contributed by atoms with E-state index in [1.165, 1.54) is 11.3 Å². The summed E-state index contributed by atoms with van der Waals surface area (Å²) >= 11 is 1.27. The highest BCUT2D eigenvalue weighted by molar-refractivity contribution is 7.12. The van der Waals surface area contributed by atoms with Crippen LogP contribution in [0.15, 0.2) is 11.4 Å². The molecule has 1 fully saturated rings. The summed E-state index contributed by atoms with van der Waals surface area (Å²) in [6.45, 7) is 4.35. The number of carbonyl (C=O) groups is 1. The molecule has 100 valence electrons. The molecule has 0 atom stereocenters. The van der Waals surface area contributed by atoms with Gasteiger partial charge in [-0.05, 0) is 36.3 Å². The van der Waals surface area contributed by atoms with Crippen molar-refractivity contribution in [3.05, 3.63) is 21.9 Å². The van der Waals surface area contributed by atoms with Crippen LogP contribution >= 0.6 is 11.3 Å². The normalized spacial score (nSPS) is 19.9. The SMILES string of the molecule is CCC1(O)CCN(Cc2ccsc2C(=O)O)CC1. The third-order valence-electron chi connectivity index (χ3n) is 3.78. The zero-order valence-electron chi connectivity index (χ0n) is 10.6. The quantitative estimate of drug-likeness (QED) is 0.879. The smallest absolute Gasteiger partial charge is 0.346 e. The molecule has 4 nitrogen and oxygen atoms in total. The maximum Gasteiger partial charge on any atom is 0.346 e. The van der Waals surface area contributed by atoms with Crippen LogP contribution in [-0.4, -0.2) is 39.8 Å². The van der Waals surface area contributed by atoms with Gasteiger partial charge in [0.2, 0.25) is 0 Å². The molecule has 2 N–H and O–H groups in total. The molecule has 1 saturated heterocycles. The van der Waals surface area contributed by atoms with Crippen molar-refractivity contribution < 1.29 is 15.0 Å². The number of piperidine rings is 1. The van der Waals surface area contributed by atoms with E-state index in [1.54, 1.807) is 0 Å². The zero-order valence-corrected chi connectivity index (χ0v) is 11.4. The van der Waals surface area contributed by atoms with E-state index in [1.807, 2.05) is 18.4 Å². The molecule has 0 spiro atoms. The first kappa shape index (κ1) is 13.5. The largest absolute Gasteiger partial charge is 0.477 e. The summed E-state index contributed by atoms with van der Waals surface area (Å²) < 4.78 is 0. The molecule has 5 heteroatoms. The number of carboxylic acids is 1. The highest BCUT2D eigenvalue weighted by Gasteiger charge is 2.30. The molecule has 0 aliphatic carbocycles. The van der Waals surface area contributed by atoms with Crippen LogP contribution in [0.2, 0.25) is 0 Å². The molecule has 18 heavy (non-hydrogen) atoms. The van der Waals surface area contributed by atoms with E-state index in [-0.39, 0.29) is 0 Å². The van der Waals surface area contributed by atoms with E-state index < -0.39 is 11.6 Å². The Kier molecular flexibility index (Phi) is 4.04. The van der Waals surface area contributed by atoms with Crippen molar-refractivity contribution in [1.29, 1.82) is 0 Å². The second-order valence-electron chi connectivity index (χ2n) is 4.93. The standard InChI is InChI=1S/C13H19NO3S/c1-2-13(17)4-6-14(7-5-13)9-10-3-8-18-11(10)12(15)16/h3,8,17H,2,4-7,9H2,1H3,(H,15,16). The van der Waals surface area contributed by atoms with Gasteiger partial charge < -0.3 is 10.2 Å². The van der Waals surface area contributed by atoms with Gasteiger partial charge >= 0.3 is 5.97 Å². The fourth-order valence-corrected chi connectivity index (χ4v) is 3.12. The topological polar surface area (TPSA) is 60.8 Å². The van der Waals surface area contributed by atoms with Gasteiger partial charge in [0, 0.05) is 19.6 Å². The fraction of sp³-hybridized carbons (Fsp3) is 0.615. The van der Waals surface area contributed by atoms with Crippen LogP contribution in [-0.2, 0) is 6.54 Å². The molecule has 2 rings (SSSR count). The third-order valence-corrected chi connectivity index (χ3v) is 4.72. The summed E-state index contributed by atoms with van der Waals surface area (Å²) in [4.78, 5) is 13.7. The predicted molar refractivity (Wildman–Crippen MR) is 71.0 cm³/mol. The van der Waals surface area contributed by atoms with E-state index in [4.69, 9.17) is 5.11 Å². The predicted octanol–water partition coefficient (Wildman–Crippen LogP) is 2.18. The minimum atomic E-state index is -0.845.